The molecule has 1 N–H and O–H groups in total. The molecule has 1 aromatic heterocycles. The molecule has 0 atom stereocenters. The molecule has 94 valence electrons. The highest BCUT2D eigenvalue weighted by Crippen LogP contribution is 2.26. The van der Waals surface area contributed by atoms with E-state index >= 15 is 0 Å². The molecule has 2 aromatic rings. The molecule has 0 unspecified atom stereocenters. The van der Waals surface area contributed by atoms with E-state index in [0.29, 0.717) is 0 Å². The lowest BCUT2D eigenvalue weighted by Crippen LogP contribution is -2.30. The fourth-order valence-electron chi connectivity index (χ4n) is 2.43. The van der Waals surface area contributed by atoms with Crippen LogP contribution in [0.25, 0.3) is 0 Å². The van der Waals surface area contributed by atoms with Gasteiger partial charge in [-0.25, -0.2) is 0 Å². The molecule has 1 aromatic carbocycles. The monoisotopic (exact) mass is 243 g/mol. The van der Waals surface area contributed by atoms with Gasteiger partial charge in [-0.2, -0.15) is 0 Å². The van der Waals surface area contributed by atoms with E-state index in [4.69, 9.17) is 4.52 Å². The smallest absolute Gasteiger partial charge is 0.143 e. The third-order valence-electron chi connectivity index (χ3n) is 3.37. The van der Waals surface area contributed by atoms with Crippen LogP contribution in [0.15, 0.2) is 34.9 Å². The first-order chi connectivity index (χ1) is 8.88. The van der Waals surface area contributed by atoms with Gasteiger partial charge in [-0.3, -0.25) is 0 Å². The molecular weight excluding hydrogens is 226 g/mol. The Morgan fingerprint density at radius 3 is 2.94 bits per heavy atom. The van der Waals surface area contributed by atoms with Crippen molar-refractivity contribution in [2.24, 2.45) is 0 Å². The second kappa shape index (κ2) is 4.82. The van der Waals surface area contributed by atoms with E-state index in [2.05, 4.69) is 39.6 Å². The van der Waals surface area contributed by atoms with Crippen molar-refractivity contribution in [2.45, 2.75) is 19.5 Å². The Morgan fingerprint density at radius 2 is 2.17 bits per heavy atom. The molecule has 4 heteroatoms. The summed E-state index contributed by atoms with van der Waals surface area (Å²) >= 11 is 0. The van der Waals surface area contributed by atoms with Crippen LogP contribution in [-0.2, 0) is 19.5 Å². The van der Waals surface area contributed by atoms with Crippen molar-refractivity contribution in [3.05, 3.63) is 47.3 Å². The summed E-state index contributed by atoms with van der Waals surface area (Å²) in [7, 11) is 1.93. The number of fused-ring (bicyclic) bond motifs is 1. The Kier molecular flexibility index (Phi) is 3.02. The highest BCUT2D eigenvalue weighted by molar-refractivity contribution is 5.48. The van der Waals surface area contributed by atoms with Crippen LogP contribution < -0.4 is 10.2 Å². The van der Waals surface area contributed by atoms with Gasteiger partial charge in [-0.1, -0.05) is 23.4 Å². The molecule has 0 saturated carbocycles. The van der Waals surface area contributed by atoms with Crippen LogP contribution in [0, 0.1) is 0 Å². The predicted molar refractivity (Wildman–Crippen MR) is 70.5 cm³/mol. The highest BCUT2D eigenvalue weighted by Gasteiger charge is 2.23. The average Bonchev–Trinajstić information content (AvgIpc) is 2.83. The Bertz CT molecular complexity index is 521. The van der Waals surface area contributed by atoms with Gasteiger partial charge in [0.15, 0.2) is 0 Å². The standard InChI is InChI=1S/C14H17N3O/c1-15-9-13-12-10-17(8-7-14(12)18-16-13)11-5-3-2-4-6-11/h2-6,15H,7-10H2,1H3. The third-order valence-corrected chi connectivity index (χ3v) is 3.37. The van der Waals surface area contributed by atoms with Crippen molar-refractivity contribution >= 4 is 5.69 Å². The lowest BCUT2D eigenvalue weighted by Gasteiger charge is -2.28. The summed E-state index contributed by atoms with van der Waals surface area (Å²) < 4.78 is 5.41. The number of hydrogen-bond acceptors (Lipinski definition) is 4. The van der Waals surface area contributed by atoms with Gasteiger partial charge in [0.25, 0.3) is 0 Å². The lowest BCUT2D eigenvalue weighted by molar-refractivity contribution is 0.371. The molecule has 18 heavy (non-hydrogen) atoms. The van der Waals surface area contributed by atoms with Crippen LogP contribution in [0.2, 0.25) is 0 Å². The van der Waals surface area contributed by atoms with Gasteiger partial charge in [-0.05, 0) is 19.2 Å². The van der Waals surface area contributed by atoms with Crippen LogP contribution in [0.1, 0.15) is 17.0 Å². The van der Waals surface area contributed by atoms with Gasteiger partial charge in [0.2, 0.25) is 0 Å². The molecule has 0 fully saturated rings. The number of nitrogens with zero attached hydrogens (tertiary/aromatic N) is 2. The zero-order valence-corrected chi connectivity index (χ0v) is 10.5. The summed E-state index contributed by atoms with van der Waals surface area (Å²) in [5, 5.41) is 7.29. The molecule has 0 radical (unpaired) electrons. The van der Waals surface area contributed by atoms with Crippen molar-refractivity contribution in [1.29, 1.82) is 0 Å². The maximum atomic E-state index is 5.41. The van der Waals surface area contributed by atoms with E-state index in [0.717, 1.165) is 37.5 Å². The van der Waals surface area contributed by atoms with Gasteiger partial charge in [0.1, 0.15) is 11.5 Å². The predicted octanol–water partition coefficient (Wildman–Crippen LogP) is 1.96. The zero-order valence-electron chi connectivity index (χ0n) is 10.5. The summed E-state index contributed by atoms with van der Waals surface area (Å²) in [4.78, 5) is 2.37. The van der Waals surface area contributed by atoms with Crippen LogP contribution in [-0.4, -0.2) is 18.7 Å². The van der Waals surface area contributed by atoms with Gasteiger partial charge >= 0.3 is 0 Å². The van der Waals surface area contributed by atoms with Gasteiger partial charge in [-0.15, -0.1) is 0 Å². The maximum absolute atomic E-state index is 5.41. The van der Waals surface area contributed by atoms with Crippen molar-refractivity contribution in [2.75, 3.05) is 18.5 Å². The fourth-order valence-corrected chi connectivity index (χ4v) is 2.43. The molecule has 0 aliphatic carbocycles. The van der Waals surface area contributed by atoms with E-state index < -0.39 is 0 Å². The van der Waals surface area contributed by atoms with E-state index in [1.807, 2.05) is 13.1 Å². The maximum Gasteiger partial charge on any atom is 0.143 e. The first-order valence-corrected chi connectivity index (χ1v) is 6.29. The molecule has 4 nitrogen and oxygen atoms in total. The minimum Gasteiger partial charge on any atom is -0.367 e. The van der Waals surface area contributed by atoms with E-state index in [-0.39, 0.29) is 0 Å². The molecule has 0 amide bonds. The topological polar surface area (TPSA) is 41.3 Å². The van der Waals surface area contributed by atoms with Gasteiger partial charge < -0.3 is 14.7 Å². The molecule has 1 aliphatic rings. The summed E-state index contributed by atoms with van der Waals surface area (Å²) in [6, 6.07) is 10.5. The van der Waals surface area contributed by atoms with Gasteiger partial charge in [0.05, 0.1) is 0 Å². The first-order valence-electron chi connectivity index (χ1n) is 6.29. The average molecular weight is 243 g/mol. The highest BCUT2D eigenvalue weighted by atomic mass is 16.5. The van der Waals surface area contributed by atoms with Crippen LogP contribution in [0.3, 0.4) is 0 Å². The molecule has 1 aliphatic heterocycles. The number of rotatable bonds is 3. The molecule has 0 saturated heterocycles. The van der Waals surface area contributed by atoms with Crippen LogP contribution >= 0.6 is 0 Å². The van der Waals surface area contributed by atoms with Crippen LogP contribution in [0.4, 0.5) is 5.69 Å². The minimum atomic E-state index is 0.765. The number of nitrogens with one attached hydrogen (secondary N) is 1. The molecule has 0 bridgehead atoms. The van der Waals surface area contributed by atoms with Crippen molar-refractivity contribution in [1.82, 2.24) is 10.5 Å². The van der Waals surface area contributed by atoms with Crippen molar-refractivity contribution < 1.29 is 4.52 Å². The molecule has 2 heterocycles. The number of hydrogen-bond donors (Lipinski definition) is 1. The minimum absolute atomic E-state index is 0.765. The van der Waals surface area contributed by atoms with Gasteiger partial charge in [0, 0.05) is 37.3 Å². The fraction of sp³-hybridized carbons (Fsp3) is 0.357. The number of aromatic nitrogens is 1. The number of benzene rings is 1. The van der Waals surface area contributed by atoms with Crippen molar-refractivity contribution in [3.63, 3.8) is 0 Å². The van der Waals surface area contributed by atoms with E-state index in [1.165, 1.54) is 11.3 Å². The lowest BCUT2D eigenvalue weighted by atomic mass is 10.1. The van der Waals surface area contributed by atoms with Crippen molar-refractivity contribution in [3.8, 4) is 0 Å². The summed E-state index contributed by atoms with van der Waals surface area (Å²) in [6.45, 7) is 2.65. The normalized spacial score (nSPS) is 14.6. The van der Waals surface area contributed by atoms with E-state index in [9.17, 15) is 0 Å². The molecule has 3 rings (SSSR count). The third kappa shape index (κ3) is 1.99. The summed E-state index contributed by atoms with van der Waals surface area (Å²) in [5.41, 5.74) is 3.55. The first kappa shape index (κ1) is 11.3. The summed E-state index contributed by atoms with van der Waals surface area (Å²) in [6.07, 6.45) is 0.931. The number of anilines is 1. The summed E-state index contributed by atoms with van der Waals surface area (Å²) in [5.74, 6) is 1.05. The Morgan fingerprint density at radius 1 is 1.33 bits per heavy atom. The Hall–Kier alpha value is -1.81. The van der Waals surface area contributed by atoms with Crippen LogP contribution in [0.5, 0.6) is 0 Å². The van der Waals surface area contributed by atoms with E-state index in [1.54, 1.807) is 0 Å². The molecule has 0 spiro atoms. The quantitative estimate of drug-likeness (QED) is 0.894. The Balaban J connectivity index is 1.86. The molecular formula is C14H17N3O. The zero-order chi connectivity index (χ0) is 12.4. The number of para-hydroxylation sites is 1. The SMILES string of the molecule is CNCc1noc2c1CN(c1ccccc1)CC2. The second-order valence-corrected chi connectivity index (χ2v) is 4.57. The Labute approximate surface area is 107 Å². The second-order valence-electron chi connectivity index (χ2n) is 4.57. The largest absolute Gasteiger partial charge is 0.367 e.